The number of nitrogens with zero attached hydrogens (tertiary/aromatic N) is 2. The molecule has 5 aromatic rings. The summed E-state index contributed by atoms with van der Waals surface area (Å²) in [6.07, 6.45) is 1.62. The minimum Gasteiger partial charge on any atom is -0.497 e. The molecule has 4 aromatic carbocycles. The third-order valence-corrected chi connectivity index (χ3v) is 7.32. The predicted molar refractivity (Wildman–Crippen MR) is 173 cm³/mol. The zero-order valence-corrected chi connectivity index (χ0v) is 25.8. The van der Waals surface area contributed by atoms with Crippen molar-refractivity contribution in [3.05, 3.63) is 112 Å². The Hall–Kier alpha value is -4.90. The molecule has 0 aliphatic rings. The molecule has 0 bridgehead atoms. The third-order valence-electron chi connectivity index (χ3n) is 6.73. The van der Waals surface area contributed by atoms with Crippen LogP contribution in [-0.2, 0) is 6.61 Å². The van der Waals surface area contributed by atoms with Crippen LogP contribution in [0.5, 0.6) is 23.0 Å². The number of halogens is 2. The second-order valence-corrected chi connectivity index (χ2v) is 10.3. The highest BCUT2D eigenvalue weighted by Gasteiger charge is 2.23. The highest BCUT2D eigenvalue weighted by atomic mass is 35.5. The van der Waals surface area contributed by atoms with Crippen molar-refractivity contribution in [1.29, 1.82) is 5.26 Å². The molecule has 0 unspecified atom stereocenters. The van der Waals surface area contributed by atoms with Gasteiger partial charge >= 0.3 is 0 Å². The molecule has 5 rings (SSSR count). The SMILES string of the molecule is CCOc1cc(C=Nc2oc(-c3ccc(OC)cc3)c(-c3ccc(OC)cc3)c2C#N)ccc1OCc1ccc(Cl)cc1Cl. The highest BCUT2D eigenvalue weighted by molar-refractivity contribution is 6.35. The molecule has 222 valence electrons. The van der Waals surface area contributed by atoms with Crippen LogP contribution < -0.4 is 18.9 Å². The first-order valence-electron chi connectivity index (χ1n) is 13.7. The Balaban J connectivity index is 1.49. The molecule has 0 saturated carbocycles. The molecule has 0 atom stereocenters. The number of furan rings is 1. The van der Waals surface area contributed by atoms with E-state index in [1.54, 1.807) is 38.6 Å². The molecule has 9 heteroatoms. The van der Waals surface area contributed by atoms with Crippen LogP contribution >= 0.6 is 23.2 Å². The van der Waals surface area contributed by atoms with Crippen molar-refractivity contribution in [2.24, 2.45) is 4.99 Å². The molecular weight excluding hydrogens is 599 g/mol. The third kappa shape index (κ3) is 6.84. The Morgan fingerprint density at radius 2 is 1.50 bits per heavy atom. The number of nitriles is 1. The fourth-order valence-corrected chi connectivity index (χ4v) is 4.98. The van der Waals surface area contributed by atoms with E-state index in [0.29, 0.717) is 56.5 Å². The number of hydrogen-bond acceptors (Lipinski definition) is 7. The van der Waals surface area contributed by atoms with Crippen molar-refractivity contribution in [3.8, 4) is 51.5 Å². The Kier molecular flexibility index (Phi) is 9.75. The Bertz CT molecular complexity index is 1820. The van der Waals surface area contributed by atoms with Gasteiger partial charge in [0.15, 0.2) is 11.5 Å². The van der Waals surface area contributed by atoms with Crippen LogP contribution in [-0.4, -0.2) is 27.0 Å². The van der Waals surface area contributed by atoms with E-state index in [-0.39, 0.29) is 12.5 Å². The van der Waals surface area contributed by atoms with E-state index in [4.69, 9.17) is 46.6 Å². The largest absolute Gasteiger partial charge is 0.497 e. The van der Waals surface area contributed by atoms with Gasteiger partial charge in [-0.05, 0) is 84.8 Å². The highest BCUT2D eigenvalue weighted by Crippen LogP contribution is 2.43. The maximum absolute atomic E-state index is 10.3. The van der Waals surface area contributed by atoms with Crippen molar-refractivity contribution in [1.82, 2.24) is 0 Å². The Morgan fingerprint density at radius 3 is 2.11 bits per heavy atom. The summed E-state index contributed by atoms with van der Waals surface area (Å²) in [6.45, 7) is 2.57. The second-order valence-electron chi connectivity index (χ2n) is 9.48. The van der Waals surface area contributed by atoms with Gasteiger partial charge < -0.3 is 23.4 Å². The summed E-state index contributed by atoms with van der Waals surface area (Å²) >= 11 is 12.3. The maximum Gasteiger partial charge on any atom is 0.238 e. The predicted octanol–water partition coefficient (Wildman–Crippen LogP) is 9.54. The number of aliphatic imine (C=N–C) groups is 1. The van der Waals surface area contributed by atoms with Gasteiger partial charge in [-0.3, -0.25) is 0 Å². The lowest BCUT2D eigenvalue weighted by Gasteiger charge is -2.13. The standard InChI is InChI=1S/C35H28Cl2N2O5/c1-4-42-32-17-22(5-16-31(32)43-21-25-6-11-26(36)18-30(25)37)20-39-35-29(19-38)33(23-7-12-27(40-2)13-8-23)34(44-35)24-9-14-28(41-3)15-10-24/h5-18,20H,4,21H2,1-3H3. The molecule has 1 aromatic heterocycles. The van der Waals surface area contributed by atoms with Gasteiger partial charge in [0.25, 0.3) is 0 Å². The monoisotopic (exact) mass is 626 g/mol. The number of methoxy groups -OCH3 is 2. The quantitative estimate of drug-likeness (QED) is 0.136. The van der Waals surface area contributed by atoms with E-state index < -0.39 is 0 Å². The molecule has 1 heterocycles. The van der Waals surface area contributed by atoms with Crippen LogP contribution in [0.1, 0.15) is 23.6 Å². The van der Waals surface area contributed by atoms with Crippen LogP contribution in [0.25, 0.3) is 22.5 Å². The average Bonchev–Trinajstić information content (AvgIpc) is 3.42. The summed E-state index contributed by atoms with van der Waals surface area (Å²) < 4.78 is 28.8. The zero-order valence-electron chi connectivity index (χ0n) is 24.3. The van der Waals surface area contributed by atoms with E-state index in [0.717, 1.165) is 22.3 Å². The summed E-state index contributed by atoms with van der Waals surface area (Å²) in [5, 5.41) is 11.3. The molecule has 0 saturated heterocycles. The number of rotatable bonds is 11. The minimum atomic E-state index is 0.180. The molecule has 0 fully saturated rings. The number of benzene rings is 4. The lowest BCUT2D eigenvalue weighted by Crippen LogP contribution is -2.01. The van der Waals surface area contributed by atoms with Crippen molar-refractivity contribution in [2.45, 2.75) is 13.5 Å². The van der Waals surface area contributed by atoms with Gasteiger partial charge in [0, 0.05) is 33.0 Å². The fourth-order valence-electron chi connectivity index (χ4n) is 4.51. The first-order valence-corrected chi connectivity index (χ1v) is 14.4. The van der Waals surface area contributed by atoms with Crippen molar-refractivity contribution in [3.63, 3.8) is 0 Å². The van der Waals surface area contributed by atoms with Crippen molar-refractivity contribution < 1.29 is 23.4 Å². The summed E-state index contributed by atoms with van der Waals surface area (Å²) in [4.78, 5) is 4.60. The van der Waals surface area contributed by atoms with Crippen LogP contribution in [0.3, 0.4) is 0 Å². The van der Waals surface area contributed by atoms with Crippen molar-refractivity contribution in [2.75, 3.05) is 20.8 Å². The lowest BCUT2D eigenvalue weighted by molar-refractivity contribution is 0.269. The molecule has 0 radical (unpaired) electrons. The Labute approximate surface area is 265 Å². The summed E-state index contributed by atoms with van der Waals surface area (Å²) in [7, 11) is 3.21. The minimum absolute atomic E-state index is 0.180. The molecule has 0 aliphatic heterocycles. The van der Waals surface area contributed by atoms with Gasteiger partial charge in [-0.1, -0.05) is 41.4 Å². The molecule has 7 nitrogen and oxygen atoms in total. The van der Waals surface area contributed by atoms with E-state index in [2.05, 4.69) is 11.1 Å². The smallest absolute Gasteiger partial charge is 0.238 e. The van der Waals surface area contributed by atoms with Gasteiger partial charge in [-0.15, -0.1) is 0 Å². The molecule has 44 heavy (non-hydrogen) atoms. The number of hydrogen-bond donors (Lipinski definition) is 0. The van der Waals surface area contributed by atoms with E-state index >= 15 is 0 Å². The normalized spacial score (nSPS) is 10.9. The van der Waals surface area contributed by atoms with E-state index in [1.165, 1.54) is 0 Å². The van der Waals surface area contributed by atoms with Gasteiger partial charge in [0.1, 0.15) is 35.5 Å². The summed E-state index contributed by atoms with van der Waals surface area (Å²) in [5.74, 6) is 3.20. The van der Waals surface area contributed by atoms with Gasteiger partial charge in [-0.25, -0.2) is 4.99 Å². The van der Waals surface area contributed by atoms with Crippen LogP contribution in [0.15, 0.2) is 94.3 Å². The molecule has 0 spiro atoms. The van der Waals surface area contributed by atoms with Gasteiger partial charge in [0.05, 0.1) is 20.8 Å². The summed E-state index contributed by atoms with van der Waals surface area (Å²) in [5.41, 5.74) is 4.03. The zero-order chi connectivity index (χ0) is 31.1. The van der Waals surface area contributed by atoms with Crippen molar-refractivity contribution >= 4 is 35.3 Å². The maximum atomic E-state index is 10.3. The lowest BCUT2D eigenvalue weighted by atomic mass is 9.98. The fraction of sp³-hybridized carbons (Fsp3) is 0.143. The van der Waals surface area contributed by atoms with E-state index in [9.17, 15) is 5.26 Å². The van der Waals surface area contributed by atoms with Crippen LogP contribution in [0.4, 0.5) is 5.88 Å². The molecule has 0 N–H and O–H groups in total. The first kappa shape index (κ1) is 30.6. The van der Waals surface area contributed by atoms with Crippen LogP contribution in [0.2, 0.25) is 10.0 Å². The molecule has 0 aliphatic carbocycles. The molecular formula is C35H28Cl2N2O5. The summed E-state index contributed by atoms with van der Waals surface area (Å²) in [6, 6.07) is 27.9. The average molecular weight is 628 g/mol. The Morgan fingerprint density at radius 1 is 0.818 bits per heavy atom. The van der Waals surface area contributed by atoms with Gasteiger partial charge in [-0.2, -0.15) is 5.26 Å². The molecule has 0 amide bonds. The second kappa shape index (κ2) is 14.0. The first-order chi connectivity index (χ1) is 21.4. The van der Waals surface area contributed by atoms with Gasteiger partial charge in [0.2, 0.25) is 5.88 Å². The topological polar surface area (TPSA) is 86.2 Å². The number of ether oxygens (including phenoxy) is 4. The van der Waals surface area contributed by atoms with E-state index in [1.807, 2.05) is 73.7 Å². The van der Waals surface area contributed by atoms with Crippen LogP contribution in [0, 0.1) is 11.3 Å².